The van der Waals surface area contributed by atoms with Gasteiger partial charge in [0.1, 0.15) is 0 Å². The Morgan fingerprint density at radius 3 is 2.71 bits per heavy atom. The van der Waals surface area contributed by atoms with E-state index in [2.05, 4.69) is 80.6 Å². The molecular weight excluding hydrogens is 348 g/mol. The third-order valence-corrected chi connectivity index (χ3v) is 5.44. The van der Waals surface area contributed by atoms with Crippen LogP contribution in [0, 0.1) is 13.8 Å². The van der Waals surface area contributed by atoms with Crippen LogP contribution in [0.15, 0.2) is 41.4 Å². The minimum absolute atomic E-state index is 0.431. The Kier molecular flexibility index (Phi) is 7.09. The summed E-state index contributed by atoms with van der Waals surface area (Å²) in [5, 5.41) is 11.6. The van der Waals surface area contributed by atoms with Gasteiger partial charge in [-0.05, 0) is 45.2 Å². The smallest absolute Gasteiger partial charge is 0.191 e. The summed E-state index contributed by atoms with van der Waals surface area (Å²) in [7, 11) is 1.84. The maximum atomic E-state index is 4.52. The van der Waals surface area contributed by atoms with E-state index < -0.39 is 0 Å². The van der Waals surface area contributed by atoms with Crippen LogP contribution >= 0.6 is 0 Å². The third kappa shape index (κ3) is 5.58. The normalized spacial score (nSPS) is 20.5. The molecule has 152 valence electrons. The van der Waals surface area contributed by atoms with Crippen LogP contribution in [-0.4, -0.2) is 52.9 Å². The molecule has 1 aromatic heterocycles. The standard InChI is InChI=1S/C22H34N6/c1-17-13-19(3)28(26-17)12-8-11-24-22(23-4)25-21-14-18(2)27(16-21)15-20-9-6-5-7-10-20/h5-7,9-10,13,18,21H,8,11-12,14-16H2,1-4H3,(H2,23,24,25). The second-order valence-electron chi connectivity index (χ2n) is 7.84. The Labute approximate surface area is 169 Å². The molecule has 6 heteroatoms. The summed E-state index contributed by atoms with van der Waals surface area (Å²) in [6, 6.07) is 13.8. The molecule has 0 spiro atoms. The van der Waals surface area contributed by atoms with E-state index in [1.807, 2.05) is 14.0 Å². The molecule has 1 aliphatic rings. The number of benzene rings is 1. The summed E-state index contributed by atoms with van der Waals surface area (Å²) in [5.74, 6) is 0.895. The SMILES string of the molecule is CN=C(NCCCn1nc(C)cc1C)NC1CC(C)N(Cc2ccccc2)C1. The summed E-state index contributed by atoms with van der Waals surface area (Å²) in [5.41, 5.74) is 3.68. The zero-order valence-corrected chi connectivity index (χ0v) is 17.7. The van der Waals surface area contributed by atoms with Crippen LogP contribution in [0.4, 0.5) is 0 Å². The monoisotopic (exact) mass is 382 g/mol. The van der Waals surface area contributed by atoms with Gasteiger partial charge in [0.15, 0.2) is 5.96 Å². The van der Waals surface area contributed by atoms with Crippen molar-refractivity contribution in [3.05, 3.63) is 53.3 Å². The fourth-order valence-electron chi connectivity index (χ4n) is 3.97. The summed E-state index contributed by atoms with van der Waals surface area (Å²) >= 11 is 0. The van der Waals surface area contributed by atoms with Gasteiger partial charge in [-0.1, -0.05) is 30.3 Å². The summed E-state index contributed by atoms with van der Waals surface area (Å²) in [6.45, 7) is 10.3. The van der Waals surface area contributed by atoms with Gasteiger partial charge < -0.3 is 10.6 Å². The van der Waals surface area contributed by atoms with E-state index in [4.69, 9.17) is 0 Å². The number of guanidine groups is 1. The molecule has 2 unspecified atom stereocenters. The molecule has 0 saturated carbocycles. The van der Waals surface area contributed by atoms with Crippen molar-refractivity contribution in [2.24, 2.45) is 4.99 Å². The average molecular weight is 383 g/mol. The predicted octanol–water partition coefficient (Wildman–Crippen LogP) is 2.72. The maximum Gasteiger partial charge on any atom is 0.191 e. The number of nitrogens with one attached hydrogen (secondary N) is 2. The molecule has 1 aliphatic heterocycles. The highest BCUT2D eigenvalue weighted by Gasteiger charge is 2.29. The first-order valence-corrected chi connectivity index (χ1v) is 10.3. The predicted molar refractivity (Wildman–Crippen MR) is 116 cm³/mol. The molecule has 28 heavy (non-hydrogen) atoms. The number of hydrogen-bond acceptors (Lipinski definition) is 3. The number of rotatable bonds is 7. The van der Waals surface area contributed by atoms with Crippen molar-refractivity contribution < 1.29 is 0 Å². The highest BCUT2D eigenvalue weighted by molar-refractivity contribution is 5.80. The van der Waals surface area contributed by atoms with Crippen molar-refractivity contribution in [3.63, 3.8) is 0 Å². The van der Waals surface area contributed by atoms with Gasteiger partial charge in [0.05, 0.1) is 5.69 Å². The van der Waals surface area contributed by atoms with Crippen molar-refractivity contribution in [3.8, 4) is 0 Å². The lowest BCUT2D eigenvalue weighted by Gasteiger charge is -2.21. The molecule has 0 radical (unpaired) electrons. The van der Waals surface area contributed by atoms with Crippen molar-refractivity contribution in [1.29, 1.82) is 0 Å². The Morgan fingerprint density at radius 1 is 1.25 bits per heavy atom. The molecule has 6 nitrogen and oxygen atoms in total. The van der Waals surface area contributed by atoms with Crippen molar-refractivity contribution >= 4 is 5.96 Å². The highest BCUT2D eigenvalue weighted by atomic mass is 15.3. The second kappa shape index (κ2) is 9.73. The summed E-state index contributed by atoms with van der Waals surface area (Å²) in [4.78, 5) is 6.95. The molecule has 0 aliphatic carbocycles. The molecule has 2 heterocycles. The molecule has 2 atom stereocenters. The summed E-state index contributed by atoms with van der Waals surface area (Å²) in [6.07, 6.45) is 2.16. The molecule has 1 saturated heterocycles. The lowest BCUT2D eigenvalue weighted by atomic mass is 10.2. The highest BCUT2D eigenvalue weighted by Crippen LogP contribution is 2.20. The quantitative estimate of drug-likeness (QED) is 0.439. The number of hydrogen-bond donors (Lipinski definition) is 2. The number of aliphatic imine (C=N–C) groups is 1. The second-order valence-corrected chi connectivity index (χ2v) is 7.84. The molecule has 0 bridgehead atoms. The molecular formula is C22H34N6. The number of nitrogens with zero attached hydrogens (tertiary/aromatic N) is 4. The van der Waals surface area contributed by atoms with E-state index >= 15 is 0 Å². The van der Waals surface area contributed by atoms with Gasteiger partial charge in [0, 0.05) is 51.0 Å². The van der Waals surface area contributed by atoms with Gasteiger partial charge in [-0.15, -0.1) is 0 Å². The zero-order valence-electron chi connectivity index (χ0n) is 17.7. The Hall–Kier alpha value is -2.34. The number of aryl methyl sites for hydroxylation is 3. The first kappa shape index (κ1) is 20.4. The Bertz CT molecular complexity index is 767. The molecule has 1 fully saturated rings. The van der Waals surface area contributed by atoms with E-state index in [9.17, 15) is 0 Å². The largest absolute Gasteiger partial charge is 0.356 e. The molecule has 1 aromatic carbocycles. The van der Waals surface area contributed by atoms with Gasteiger partial charge in [0.25, 0.3) is 0 Å². The minimum Gasteiger partial charge on any atom is -0.356 e. The van der Waals surface area contributed by atoms with Gasteiger partial charge in [0.2, 0.25) is 0 Å². The molecule has 0 amide bonds. The lowest BCUT2D eigenvalue weighted by Crippen LogP contribution is -2.44. The van der Waals surface area contributed by atoms with Crippen LogP contribution in [0.2, 0.25) is 0 Å². The first-order valence-electron chi connectivity index (χ1n) is 10.3. The van der Waals surface area contributed by atoms with Gasteiger partial charge >= 0.3 is 0 Å². The lowest BCUT2D eigenvalue weighted by molar-refractivity contribution is 0.258. The number of aromatic nitrogens is 2. The number of likely N-dealkylation sites (tertiary alicyclic amines) is 1. The van der Waals surface area contributed by atoms with Crippen LogP contribution in [0.25, 0.3) is 0 Å². The van der Waals surface area contributed by atoms with Crippen LogP contribution < -0.4 is 10.6 Å². The molecule has 2 N–H and O–H groups in total. The van der Waals surface area contributed by atoms with Crippen LogP contribution in [0.5, 0.6) is 0 Å². The topological polar surface area (TPSA) is 57.5 Å². The van der Waals surface area contributed by atoms with E-state index in [1.54, 1.807) is 0 Å². The van der Waals surface area contributed by atoms with E-state index in [-0.39, 0.29) is 0 Å². The molecule has 3 rings (SSSR count). The average Bonchev–Trinajstić information content (AvgIpc) is 3.19. The maximum absolute atomic E-state index is 4.52. The van der Waals surface area contributed by atoms with Gasteiger partial charge in [-0.3, -0.25) is 14.6 Å². The fourth-order valence-corrected chi connectivity index (χ4v) is 3.97. The van der Waals surface area contributed by atoms with Crippen molar-refractivity contribution in [2.75, 3.05) is 20.1 Å². The third-order valence-electron chi connectivity index (χ3n) is 5.44. The van der Waals surface area contributed by atoms with Crippen LogP contribution in [0.1, 0.15) is 36.7 Å². The molecule has 2 aromatic rings. The Morgan fingerprint density at radius 2 is 2.04 bits per heavy atom. The zero-order chi connectivity index (χ0) is 19.9. The van der Waals surface area contributed by atoms with Crippen molar-refractivity contribution in [2.45, 2.75) is 58.8 Å². The fraction of sp³-hybridized carbons (Fsp3) is 0.545. The van der Waals surface area contributed by atoms with E-state index in [0.717, 1.165) is 50.7 Å². The van der Waals surface area contributed by atoms with Gasteiger partial charge in [-0.25, -0.2) is 0 Å². The first-order chi connectivity index (χ1) is 13.5. The minimum atomic E-state index is 0.431. The van der Waals surface area contributed by atoms with Crippen LogP contribution in [0.3, 0.4) is 0 Å². The Balaban J connectivity index is 1.41. The van der Waals surface area contributed by atoms with Gasteiger partial charge in [-0.2, -0.15) is 5.10 Å². The van der Waals surface area contributed by atoms with E-state index in [0.29, 0.717) is 12.1 Å². The summed E-state index contributed by atoms with van der Waals surface area (Å²) < 4.78 is 2.08. The van der Waals surface area contributed by atoms with Crippen molar-refractivity contribution in [1.82, 2.24) is 25.3 Å². The van der Waals surface area contributed by atoms with E-state index in [1.165, 1.54) is 11.3 Å². The van der Waals surface area contributed by atoms with Crippen LogP contribution in [-0.2, 0) is 13.1 Å².